The molecule has 0 radical (unpaired) electrons. The Hall–Kier alpha value is -4.02. The molecule has 7 heteroatoms. The number of anilines is 1. The van der Waals surface area contributed by atoms with Crippen LogP contribution in [-0.2, 0) is 7.05 Å². The van der Waals surface area contributed by atoms with E-state index in [2.05, 4.69) is 22.6 Å². The number of carbonyl (C=O) groups is 1. The molecule has 0 saturated carbocycles. The zero-order valence-electron chi connectivity index (χ0n) is 20.4. The van der Waals surface area contributed by atoms with Crippen LogP contribution in [0.3, 0.4) is 0 Å². The standard InChI is InChI=1S/C28H27N3O3S/c1-6-13-30-19-11-12-23(34-25-17(3)9-8-10-18(25)4)20(14-19)22-16-31(5)28(33)21-15-24(35-26(21)22)27(32)29-7-2/h8-12,14-16,30H,7H2,1-5H3,(H,29,32). The number of fused-ring (bicyclic) bond motifs is 1. The number of aromatic nitrogens is 1. The molecule has 0 aliphatic rings. The third-order valence-corrected chi connectivity index (χ3v) is 6.80. The Kier molecular flexibility index (Phi) is 6.94. The molecule has 2 N–H and O–H groups in total. The Labute approximate surface area is 208 Å². The second kappa shape index (κ2) is 10.1. The van der Waals surface area contributed by atoms with Crippen molar-refractivity contribution in [2.75, 3.05) is 11.9 Å². The normalized spacial score (nSPS) is 10.5. The summed E-state index contributed by atoms with van der Waals surface area (Å²) in [5.41, 5.74) is 4.28. The van der Waals surface area contributed by atoms with Crippen LogP contribution in [0.15, 0.2) is 53.5 Å². The van der Waals surface area contributed by atoms with Crippen LogP contribution in [0.25, 0.3) is 21.2 Å². The highest BCUT2D eigenvalue weighted by Crippen LogP contribution is 2.41. The van der Waals surface area contributed by atoms with Gasteiger partial charge in [0.15, 0.2) is 0 Å². The van der Waals surface area contributed by atoms with Gasteiger partial charge in [-0.1, -0.05) is 24.1 Å². The van der Waals surface area contributed by atoms with Gasteiger partial charge in [0.25, 0.3) is 11.5 Å². The van der Waals surface area contributed by atoms with Crippen molar-refractivity contribution < 1.29 is 9.53 Å². The van der Waals surface area contributed by atoms with Crippen molar-refractivity contribution in [3.63, 3.8) is 0 Å². The van der Waals surface area contributed by atoms with E-state index in [1.165, 1.54) is 11.3 Å². The summed E-state index contributed by atoms with van der Waals surface area (Å²) in [6, 6.07) is 16.3. The molecule has 178 valence electrons. The average Bonchev–Trinajstić information content (AvgIpc) is 3.29. The van der Waals surface area contributed by atoms with Crippen molar-refractivity contribution in [3.05, 3.63) is 75.0 Å². The van der Waals surface area contributed by atoms with Crippen molar-refractivity contribution in [2.45, 2.75) is 27.7 Å². The van der Waals surface area contributed by atoms with Crippen molar-refractivity contribution in [2.24, 2.45) is 7.05 Å². The smallest absolute Gasteiger partial charge is 0.261 e. The molecule has 2 heterocycles. The van der Waals surface area contributed by atoms with Crippen molar-refractivity contribution in [1.82, 2.24) is 9.88 Å². The number of ether oxygens (including phenoxy) is 1. The number of benzene rings is 2. The molecule has 35 heavy (non-hydrogen) atoms. The number of thiophene rings is 1. The average molecular weight is 486 g/mol. The van der Waals surface area contributed by atoms with Crippen LogP contribution in [0.4, 0.5) is 5.69 Å². The maximum atomic E-state index is 13.0. The second-order valence-corrected chi connectivity index (χ2v) is 9.26. The molecule has 0 atom stereocenters. The maximum absolute atomic E-state index is 13.0. The van der Waals surface area contributed by atoms with Gasteiger partial charge in [-0.3, -0.25) is 9.59 Å². The molecular weight excluding hydrogens is 458 g/mol. The monoisotopic (exact) mass is 485 g/mol. The SMILES string of the molecule is CC#CNc1ccc(Oc2c(C)cccc2C)c(-c2cn(C)c(=O)c3cc(C(=O)NCC)sc23)c1. The number of hydrogen-bond acceptors (Lipinski definition) is 5. The summed E-state index contributed by atoms with van der Waals surface area (Å²) in [6.07, 6.45) is 1.80. The van der Waals surface area contributed by atoms with Crippen LogP contribution in [-0.4, -0.2) is 17.0 Å². The second-order valence-electron chi connectivity index (χ2n) is 8.21. The van der Waals surface area contributed by atoms with Crippen LogP contribution in [0, 0.1) is 25.8 Å². The minimum atomic E-state index is -0.192. The van der Waals surface area contributed by atoms with E-state index in [-0.39, 0.29) is 11.5 Å². The van der Waals surface area contributed by atoms with Gasteiger partial charge in [-0.25, -0.2) is 0 Å². The first-order chi connectivity index (χ1) is 16.8. The summed E-state index contributed by atoms with van der Waals surface area (Å²) in [5, 5.41) is 6.41. The van der Waals surface area contributed by atoms with Crippen molar-refractivity contribution in [3.8, 4) is 34.6 Å². The van der Waals surface area contributed by atoms with Crippen molar-refractivity contribution in [1.29, 1.82) is 0 Å². The molecule has 0 aliphatic heterocycles. The number of pyridine rings is 1. The van der Waals surface area contributed by atoms with Crippen LogP contribution < -0.4 is 20.9 Å². The van der Waals surface area contributed by atoms with E-state index >= 15 is 0 Å². The van der Waals surface area contributed by atoms with Gasteiger partial charge < -0.3 is 19.9 Å². The first-order valence-corrected chi connectivity index (χ1v) is 12.1. The fraction of sp³-hybridized carbons (Fsp3) is 0.214. The molecule has 0 aliphatic carbocycles. The topological polar surface area (TPSA) is 72.4 Å². The number of nitrogens with one attached hydrogen (secondary N) is 2. The van der Waals surface area contributed by atoms with E-state index in [4.69, 9.17) is 4.74 Å². The molecule has 1 amide bonds. The number of nitrogens with zero attached hydrogens (tertiary/aromatic N) is 1. The molecule has 4 rings (SSSR count). The Balaban J connectivity index is 1.97. The largest absolute Gasteiger partial charge is 0.456 e. The summed E-state index contributed by atoms with van der Waals surface area (Å²) >= 11 is 1.31. The van der Waals surface area contributed by atoms with Gasteiger partial charge in [-0.15, -0.1) is 11.3 Å². The molecule has 0 saturated heterocycles. The van der Waals surface area contributed by atoms with Crippen molar-refractivity contribution >= 4 is 33.0 Å². The molecule has 0 fully saturated rings. The van der Waals surface area contributed by atoms with Crippen LogP contribution in [0.1, 0.15) is 34.6 Å². The quantitative estimate of drug-likeness (QED) is 0.267. The molecule has 0 bridgehead atoms. The summed E-state index contributed by atoms with van der Waals surface area (Å²) in [6.45, 7) is 8.16. The van der Waals surface area contributed by atoms with E-state index < -0.39 is 0 Å². The molecule has 0 unspecified atom stereocenters. The summed E-state index contributed by atoms with van der Waals surface area (Å²) < 4.78 is 8.75. The zero-order chi connectivity index (χ0) is 25.1. The molecule has 4 aromatic rings. The number of aryl methyl sites for hydroxylation is 3. The lowest BCUT2D eigenvalue weighted by Crippen LogP contribution is -2.21. The van der Waals surface area contributed by atoms with E-state index in [1.54, 1.807) is 30.8 Å². The highest BCUT2D eigenvalue weighted by Gasteiger charge is 2.20. The predicted molar refractivity (Wildman–Crippen MR) is 144 cm³/mol. The van der Waals surface area contributed by atoms with Gasteiger partial charge in [0, 0.05) is 42.6 Å². The number of carbonyl (C=O) groups excluding carboxylic acids is 1. The minimum absolute atomic E-state index is 0.154. The maximum Gasteiger partial charge on any atom is 0.261 e. The van der Waals surface area contributed by atoms with E-state index in [1.807, 2.05) is 57.2 Å². The number of hydrogen-bond donors (Lipinski definition) is 2. The van der Waals surface area contributed by atoms with Crippen LogP contribution in [0.2, 0.25) is 0 Å². The first-order valence-electron chi connectivity index (χ1n) is 11.3. The molecule has 0 spiro atoms. The Morgan fingerprint density at radius 1 is 1.11 bits per heavy atom. The van der Waals surface area contributed by atoms with Crippen LogP contribution in [0.5, 0.6) is 11.5 Å². The molecular formula is C28H27N3O3S. The molecule has 6 nitrogen and oxygen atoms in total. The van der Waals surface area contributed by atoms with E-state index in [0.717, 1.165) is 38.4 Å². The summed E-state index contributed by atoms with van der Waals surface area (Å²) in [4.78, 5) is 26.0. The number of para-hydroxylation sites is 1. The highest BCUT2D eigenvalue weighted by molar-refractivity contribution is 7.21. The van der Waals surface area contributed by atoms with Gasteiger partial charge in [-0.2, -0.15) is 0 Å². The molecule has 2 aromatic heterocycles. The minimum Gasteiger partial charge on any atom is -0.456 e. The number of rotatable bonds is 6. The van der Waals surface area contributed by atoms with Gasteiger partial charge in [0.1, 0.15) is 11.5 Å². The lowest BCUT2D eigenvalue weighted by molar-refractivity contribution is 0.0960. The van der Waals surface area contributed by atoms with E-state index in [9.17, 15) is 9.59 Å². The van der Waals surface area contributed by atoms with E-state index in [0.29, 0.717) is 22.6 Å². The summed E-state index contributed by atoms with van der Waals surface area (Å²) in [7, 11) is 1.71. The fourth-order valence-corrected chi connectivity index (χ4v) is 5.00. The third-order valence-electron chi connectivity index (χ3n) is 5.63. The lowest BCUT2D eigenvalue weighted by Gasteiger charge is -2.17. The Morgan fingerprint density at radius 2 is 1.86 bits per heavy atom. The van der Waals surface area contributed by atoms with Gasteiger partial charge in [0.05, 0.1) is 15.0 Å². The Morgan fingerprint density at radius 3 is 2.54 bits per heavy atom. The predicted octanol–water partition coefficient (Wildman–Crippen LogP) is 5.82. The highest BCUT2D eigenvalue weighted by atomic mass is 32.1. The number of amides is 1. The van der Waals surface area contributed by atoms with Crippen LogP contribution >= 0.6 is 11.3 Å². The van der Waals surface area contributed by atoms with Gasteiger partial charge in [0.2, 0.25) is 0 Å². The summed E-state index contributed by atoms with van der Waals surface area (Å²) in [5.74, 6) is 4.08. The fourth-order valence-electron chi connectivity index (χ4n) is 3.91. The van der Waals surface area contributed by atoms with Gasteiger partial charge in [-0.05, 0) is 63.1 Å². The Bertz CT molecular complexity index is 1530. The zero-order valence-corrected chi connectivity index (χ0v) is 21.2. The van der Waals surface area contributed by atoms with Gasteiger partial charge >= 0.3 is 0 Å². The lowest BCUT2D eigenvalue weighted by atomic mass is 10.0. The molecule has 2 aromatic carbocycles. The third kappa shape index (κ3) is 4.79. The first kappa shape index (κ1) is 24.1.